The zero-order valence-corrected chi connectivity index (χ0v) is 13.3. The van der Waals surface area contributed by atoms with E-state index >= 15 is 0 Å². The van der Waals surface area contributed by atoms with E-state index in [1.807, 2.05) is 4.90 Å². The molecule has 2 rings (SSSR count). The molecule has 0 aliphatic carbocycles. The number of alkyl halides is 2. The summed E-state index contributed by atoms with van der Waals surface area (Å²) in [7, 11) is 1.65. The molecule has 1 aliphatic rings. The molecule has 6 nitrogen and oxygen atoms in total. The van der Waals surface area contributed by atoms with Gasteiger partial charge < -0.3 is 14.7 Å². The van der Waals surface area contributed by atoms with Gasteiger partial charge >= 0.3 is 12.6 Å². The molecule has 0 radical (unpaired) electrons. The summed E-state index contributed by atoms with van der Waals surface area (Å²) >= 11 is 0. The monoisotopic (exact) mass is 342 g/mol. The van der Waals surface area contributed by atoms with Crippen LogP contribution >= 0.6 is 0 Å². The molecular formula is C16H20F2N2O4. The molecule has 24 heavy (non-hydrogen) atoms. The van der Waals surface area contributed by atoms with E-state index in [1.54, 1.807) is 19.2 Å². The molecule has 1 amide bonds. The van der Waals surface area contributed by atoms with Gasteiger partial charge in [0.15, 0.2) is 0 Å². The van der Waals surface area contributed by atoms with Gasteiger partial charge in [0.25, 0.3) is 0 Å². The molecule has 1 atom stereocenters. The molecule has 0 spiro atoms. The second kappa shape index (κ2) is 8.05. The van der Waals surface area contributed by atoms with Gasteiger partial charge in [0.05, 0.1) is 12.5 Å². The third-order valence-corrected chi connectivity index (χ3v) is 3.97. The third kappa shape index (κ3) is 5.16. The largest absolute Gasteiger partial charge is 0.481 e. The highest BCUT2D eigenvalue weighted by Gasteiger charge is 2.29. The number of benzene rings is 1. The number of nitrogens with zero attached hydrogens (tertiary/aromatic N) is 2. The number of carboxylic acid groups (broad SMARTS) is 1. The Kier molecular flexibility index (Phi) is 6.08. The third-order valence-electron chi connectivity index (χ3n) is 3.97. The average Bonchev–Trinajstić information content (AvgIpc) is 2.97. The van der Waals surface area contributed by atoms with Gasteiger partial charge in [-0.15, -0.1) is 0 Å². The van der Waals surface area contributed by atoms with Crippen molar-refractivity contribution in [2.75, 3.05) is 26.7 Å². The lowest BCUT2D eigenvalue weighted by Crippen LogP contribution is -2.37. The SMILES string of the molecule is CN(Cc1ccc(OC(F)F)cc1)C(=O)CN1CCC(C(=O)O)C1. The minimum atomic E-state index is -2.87. The Hall–Kier alpha value is -2.22. The maximum absolute atomic E-state index is 12.2. The first-order valence-electron chi connectivity index (χ1n) is 7.58. The van der Waals surface area contributed by atoms with Crippen LogP contribution in [0.2, 0.25) is 0 Å². The van der Waals surface area contributed by atoms with Crippen molar-refractivity contribution in [3.05, 3.63) is 29.8 Å². The summed E-state index contributed by atoms with van der Waals surface area (Å²) in [6.07, 6.45) is 0.553. The number of carbonyl (C=O) groups is 2. The average molecular weight is 342 g/mol. The Labute approximate surface area is 138 Å². The van der Waals surface area contributed by atoms with E-state index in [0.29, 0.717) is 26.1 Å². The maximum atomic E-state index is 12.2. The Morgan fingerprint density at radius 3 is 2.58 bits per heavy atom. The summed E-state index contributed by atoms with van der Waals surface area (Å²) in [6, 6.07) is 6.10. The first-order chi connectivity index (χ1) is 11.3. The zero-order chi connectivity index (χ0) is 17.7. The molecule has 1 aromatic carbocycles. The number of amides is 1. The second-order valence-electron chi connectivity index (χ2n) is 5.83. The summed E-state index contributed by atoms with van der Waals surface area (Å²) in [4.78, 5) is 26.5. The predicted molar refractivity (Wildman–Crippen MR) is 81.7 cm³/mol. The van der Waals surface area contributed by atoms with Crippen molar-refractivity contribution < 1.29 is 28.2 Å². The molecule has 8 heteroatoms. The summed E-state index contributed by atoms with van der Waals surface area (Å²) in [5.74, 6) is -1.29. The quantitative estimate of drug-likeness (QED) is 0.816. The summed E-state index contributed by atoms with van der Waals surface area (Å²) < 4.78 is 28.5. The van der Waals surface area contributed by atoms with Crippen LogP contribution < -0.4 is 4.74 Å². The normalized spacial score (nSPS) is 17.9. The van der Waals surface area contributed by atoms with Gasteiger partial charge in [-0.1, -0.05) is 12.1 Å². The Balaban J connectivity index is 1.82. The summed E-state index contributed by atoms with van der Waals surface area (Å²) in [6.45, 7) is -1.38. The molecule has 0 bridgehead atoms. The highest BCUT2D eigenvalue weighted by Crippen LogP contribution is 2.17. The van der Waals surface area contributed by atoms with Crippen molar-refractivity contribution in [1.29, 1.82) is 0 Å². The van der Waals surface area contributed by atoms with Crippen LogP contribution in [0.25, 0.3) is 0 Å². The van der Waals surface area contributed by atoms with E-state index in [9.17, 15) is 18.4 Å². The number of hydrogen-bond donors (Lipinski definition) is 1. The van der Waals surface area contributed by atoms with Crippen LogP contribution in [-0.2, 0) is 16.1 Å². The Morgan fingerprint density at radius 1 is 1.38 bits per heavy atom. The topological polar surface area (TPSA) is 70.1 Å². The molecule has 1 unspecified atom stereocenters. The lowest BCUT2D eigenvalue weighted by Gasteiger charge is -2.21. The first-order valence-corrected chi connectivity index (χ1v) is 7.58. The molecule has 1 aliphatic heterocycles. The zero-order valence-electron chi connectivity index (χ0n) is 13.3. The van der Waals surface area contributed by atoms with Crippen molar-refractivity contribution >= 4 is 11.9 Å². The Morgan fingerprint density at radius 2 is 2.04 bits per heavy atom. The first kappa shape index (κ1) is 18.1. The lowest BCUT2D eigenvalue weighted by molar-refractivity contribution is -0.141. The van der Waals surface area contributed by atoms with Gasteiger partial charge in [-0.25, -0.2) is 0 Å². The number of aliphatic carboxylic acids is 1. The van der Waals surface area contributed by atoms with Crippen LogP contribution in [0.1, 0.15) is 12.0 Å². The van der Waals surface area contributed by atoms with E-state index in [0.717, 1.165) is 5.56 Å². The Bertz CT molecular complexity index is 580. The van der Waals surface area contributed by atoms with Crippen LogP contribution in [0.15, 0.2) is 24.3 Å². The molecular weight excluding hydrogens is 322 g/mol. The number of likely N-dealkylation sites (N-methyl/N-ethyl adjacent to an activating group) is 1. The van der Waals surface area contributed by atoms with E-state index in [-0.39, 0.29) is 18.2 Å². The van der Waals surface area contributed by atoms with Gasteiger partial charge in [0.1, 0.15) is 5.75 Å². The molecule has 1 aromatic rings. The minimum absolute atomic E-state index is 0.0690. The summed E-state index contributed by atoms with van der Waals surface area (Å²) in [5.41, 5.74) is 0.789. The fourth-order valence-electron chi connectivity index (χ4n) is 2.63. The number of likely N-dealkylation sites (tertiary alicyclic amines) is 1. The van der Waals surface area contributed by atoms with Crippen molar-refractivity contribution in [2.45, 2.75) is 19.6 Å². The van der Waals surface area contributed by atoms with Crippen LogP contribution in [-0.4, -0.2) is 60.1 Å². The van der Waals surface area contributed by atoms with Gasteiger partial charge in [-0.05, 0) is 30.7 Å². The van der Waals surface area contributed by atoms with E-state index < -0.39 is 18.5 Å². The van der Waals surface area contributed by atoms with E-state index in [4.69, 9.17) is 5.11 Å². The number of ether oxygens (including phenoxy) is 1. The second-order valence-corrected chi connectivity index (χ2v) is 5.83. The maximum Gasteiger partial charge on any atom is 0.387 e. The van der Waals surface area contributed by atoms with Crippen LogP contribution in [0.4, 0.5) is 8.78 Å². The molecule has 0 aromatic heterocycles. The molecule has 0 saturated carbocycles. The number of carbonyl (C=O) groups excluding carboxylic acids is 1. The highest BCUT2D eigenvalue weighted by molar-refractivity contribution is 5.78. The molecule has 1 N–H and O–H groups in total. The number of hydrogen-bond acceptors (Lipinski definition) is 4. The van der Waals surface area contributed by atoms with Crippen molar-refractivity contribution in [3.8, 4) is 5.75 Å². The number of rotatable bonds is 7. The van der Waals surface area contributed by atoms with Crippen LogP contribution in [0.5, 0.6) is 5.75 Å². The van der Waals surface area contributed by atoms with E-state index in [1.165, 1.54) is 17.0 Å². The van der Waals surface area contributed by atoms with Crippen LogP contribution in [0, 0.1) is 5.92 Å². The minimum Gasteiger partial charge on any atom is -0.481 e. The van der Waals surface area contributed by atoms with Gasteiger partial charge in [0, 0.05) is 20.1 Å². The molecule has 132 valence electrons. The summed E-state index contributed by atoms with van der Waals surface area (Å²) in [5, 5.41) is 8.97. The smallest absolute Gasteiger partial charge is 0.387 e. The van der Waals surface area contributed by atoms with E-state index in [2.05, 4.69) is 4.74 Å². The van der Waals surface area contributed by atoms with Gasteiger partial charge in [-0.3, -0.25) is 14.5 Å². The number of halogens is 2. The van der Waals surface area contributed by atoms with Crippen molar-refractivity contribution in [1.82, 2.24) is 9.80 Å². The molecule has 1 fully saturated rings. The van der Waals surface area contributed by atoms with Crippen LogP contribution in [0.3, 0.4) is 0 Å². The fraction of sp³-hybridized carbons (Fsp3) is 0.500. The predicted octanol–water partition coefficient (Wildman–Crippen LogP) is 1.65. The standard InChI is InChI=1S/C16H20F2N2O4/c1-19(8-11-2-4-13(5-3-11)24-16(17)18)14(21)10-20-7-6-12(9-20)15(22)23/h2-5,12,16H,6-10H2,1H3,(H,22,23). The van der Waals surface area contributed by atoms with Crippen molar-refractivity contribution in [3.63, 3.8) is 0 Å². The molecule has 1 heterocycles. The van der Waals surface area contributed by atoms with Crippen molar-refractivity contribution in [2.24, 2.45) is 5.92 Å². The fourth-order valence-corrected chi connectivity index (χ4v) is 2.63. The molecule has 1 saturated heterocycles. The lowest BCUT2D eigenvalue weighted by atomic mass is 10.1. The van der Waals surface area contributed by atoms with Gasteiger partial charge in [-0.2, -0.15) is 8.78 Å². The number of carboxylic acids is 1. The van der Waals surface area contributed by atoms with Gasteiger partial charge in [0.2, 0.25) is 5.91 Å². The highest BCUT2D eigenvalue weighted by atomic mass is 19.3.